The Kier molecular flexibility index (Phi) is 8.14. The van der Waals surface area contributed by atoms with Gasteiger partial charge in [0.2, 0.25) is 0 Å². The topological polar surface area (TPSA) is 108 Å². The molecule has 8 heteroatoms. The highest BCUT2D eigenvalue weighted by atomic mass is 16.5. The van der Waals surface area contributed by atoms with Gasteiger partial charge < -0.3 is 9.47 Å². The van der Waals surface area contributed by atoms with Crippen molar-refractivity contribution >= 4 is 11.9 Å². The number of rotatable bonds is 4. The van der Waals surface area contributed by atoms with Gasteiger partial charge in [0.05, 0.1) is 19.4 Å². The molecule has 3 N–H and O–H groups in total. The van der Waals surface area contributed by atoms with Crippen molar-refractivity contribution in [3.63, 3.8) is 0 Å². The largest absolute Gasteiger partial charge is 0.462 e. The van der Waals surface area contributed by atoms with E-state index >= 15 is 0 Å². The Morgan fingerprint density at radius 1 is 1.32 bits per heavy atom. The van der Waals surface area contributed by atoms with Gasteiger partial charge in [-0.05, 0) is 20.9 Å². The summed E-state index contributed by atoms with van der Waals surface area (Å²) in [6.45, 7) is 3.87. The monoisotopic (exact) mass is 272 g/mol. The van der Waals surface area contributed by atoms with Crippen LogP contribution in [0, 0.1) is 0 Å². The Labute approximate surface area is 111 Å². The summed E-state index contributed by atoms with van der Waals surface area (Å²) in [5.74, 6) is 3.45. The minimum absolute atomic E-state index is 0.111. The smallest absolute Gasteiger partial charge is 0.357 e. The van der Waals surface area contributed by atoms with Gasteiger partial charge in [-0.3, -0.25) is 16.0 Å². The number of esters is 2. The molecule has 108 valence electrons. The summed E-state index contributed by atoms with van der Waals surface area (Å²) in [7, 11) is 3.22. The number of nitrogens with two attached hydrogens (primary N) is 1. The van der Waals surface area contributed by atoms with E-state index in [1.54, 1.807) is 27.9 Å². The summed E-state index contributed by atoms with van der Waals surface area (Å²) in [6.07, 6.45) is 1.30. The van der Waals surface area contributed by atoms with E-state index in [9.17, 15) is 9.59 Å². The molecule has 0 radical (unpaired) electrons. The second-order valence-corrected chi connectivity index (χ2v) is 3.26. The molecule has 0 saturated carbocycles. The first-order valence-corrected chi connectivity index (χ1v) is 5.76. The number of hydrogen-bond donors (Lipinski definition) is 2. The molecule has 0 atom stereocenters. The van der Waals surface area contributed by atoms with Crippen molar-refractivity contribution in [3.05, 3.63) is 17.5 Å². The third-order valence-electron chi connectivity index (χ3n) is 1.90. The molecule has 0 aliphatic carbocycles. The molecule has 0 aliphatic rings. The van der Waals surface area contributed by atoms with Crippen LogP contribution in [0.2, 0.25) is 0 Å². The third-order valence-corrected chi connectivity index (χ3v) is 1.90. The molecule has 1 heterocycles. The third kappa shape index (κ3) is 5.06. The summed E-state index contributed by atoms with van der Waals surface area (Å²) in [5.41, 5.74) is 2.49. The molecule has 1 aromatic rings. The van der Waals surface area contributed by atoms with Gasteiger partial charge in [0.25, 0.3) is 0 Å². The van der Waals surface area contributed by atoms with E-state index in [-0.39, 0.29) is 24.5 Å². The number of aryl methyl sites for hydroxylation is 1. The van der Waals surface area contributed by atoms with Crippen LogP contribution in [0.15, 0.2) is 6.20 Å². The summed E-state index contributed by atoms with van der Waals surface area (Å²) < 4.78 is 10.9. The first-order chi connectivity index (χ1) is 9.03. The van der Waals surface area contributed by atoms with Gasteiger partial charge in [-0.2, -0.15) is 5.10 Å². The Morgan fingerprint density at radius 2 is 1.79 bits per heavy atom. The molecule has 0 fully saturated rings. The molecular formula is C11H20N4O4. The normalized spacial score (nSPS) is 9.32. The van der Waals surface area contributed by atoms with Gasteiger partial charge >= 0.3 is 11.9 Å². The van der Waals surface area contributed by atoms with Gasteiger partial charge in [-0.15, -0.1) is 0 Å². The molecule has 0 aromatic carbocycles. The summed E-state index contributed by atoms with van der Waals surface area (Å²) in [6, 6.07) is 0. The molecule has 0 bridgehead atoms. The number of ether oxygens (including phenoxy) is 2. The van der Waals surface area contributed by atoms with Crippen molar-refractivity contribution in [1.82, 2.24) is 15.2 Å². The Hall–Kier alpha value is -1.93. The molecule has 0 amide bonds. The molecule has 1 rings (SSSR count). The molecule has 1 aromatic heterocycles. The maximum Gasteiger partial charge on any atom is 0.357 e. The summed E-state index contributed by atoms with van der Waals surface area (Å²) in [5, 5.41) is 3.84. The number of nitrogens with one attached hydrogen (secondary N) is 1. The number of hydrazine groups is 1. The summed E-state index contributed by atoms with van der Waals surface area (Å²) in [4.78, 5) is 23.1. The molecule has 0 unspecified atom stereocenters. The van der Waals surface area contributed by atoms with Crippen molar-refractivity contribution in [1.29, 1.82) is 0 Å². The van der Waals surface area contributed by atoms with Crippen LogP contribution in [0.4, 0.5) is 0 Å². The maximum atomic E-state index is 11.6. The Balaban J connectivity index is 0.000000982. The quantitative estimate of drug-likeness (QED) is 0.446. The van der Waals surface area contributed by atoms with Gasteiger partial charge in [-0.1, -0.05) is 0 Å². The van der Waals surface area contributed by atoms with E-state index in [4.69, 9.17) is 9.47 Å². The van der Waals surface area contributed by atoms with Gasteiger partial charge in [0.1, 0.15) is 5.56 Å². The van der Waals surface area contributed by atoms with Crippen LogP contribution in [0.3, 0.4) is 0 Å². The molecule has 0 aliphatic heterocycles. The Morgan fingerprint density at radius 3 is 2.26 bits per heavy atom. The highest BCUT2D eigenvalue weighted by Crippen LogP contribution is 2.10. The standard InChI is InChI=1S/C10H14N2O4.CH6N2/c1-4-15-9(13)7-6-11-12(3)8(7)10(14)16-5-2;1-3-2/h6H,4-5H2,1-3H3;3H,2H2,1H3. The number of carbonyl (C=O) groups is 2. The van der Waals surface area contributed by atoms with Crippen LogP contribution >= 0.6 is 0 Å². The summed E-state index contributed by atoms with van der Waals surface area (Å²) >= 11 is 0. The van der Waals surface area contributed by atoms with Crippen LogP contribution in [0.5, 0.6) is 0 Å². The first kappa shape index (κ1) is 17.1. The fourth-order valence-electron chi connectivity index (χ4n) is 1.24. The highest BCUT2D eigenvalue weighted by Gasteiger charge is 2.23. The van der Waals surface area contributed by atoms with E-state index < -0.39 is 11.9 Å². The SMILES string of the molecule is CCOC(=O)c1cnn(C)c1C(=O)OCC.CNN. The lowest BCUT2D eigenvalue weighted by Gasteiger charge is -2.04. The lowest BCUT2D eigenvalue weighted by molar-refractivity contribution is 0.0471. The van der Waals surface area contributed by atoms with Gasteiger partial charge in [0.15, 0.2) is 5.69 Å². The van der Waals surface area contributed by atoms with Crippen molar-refractivity contribution in [2.45, 2.75) is 13.8 Å². The lowest BCUT2D eigenvalue weighted by atomic mass is 10.2. The molecular weight excluding hydrogens is 252 g/mol. The fourth-order valence-corrected chi connectivity index (χ4v) is 1.24. The minimum atomic E-state index is -0.578. The fraction of sp³-hybridized carbons (Fsp3) is 0.545. The molecule has 8 nitrogen and oxygen atoms in total. The van der Waals surface area contributed by atoms with Crippen molar-refractivity contribution in [2.75, 3.05) is 20.3 Å². The molecule has 0 spiro atoms. The number of nitrogens with zero attached hydrogens (tertiary/aromatic N) is 2. The van der Waals surface area contributed by atoms with Crippen molar-refractivity contribution < 1.29 is 19.1 Å². The molecule has 19 heavy (non-hydrogen) atoms. The number of aromatic nitrogens is 2. The van der Waals surface area contributed by atoms with Crippen molar-refractivity contribution in [2.24, 2.45) is 12.9 Å². The van der Waals surface area contributed by atoms with E-state index in [1.807, 2.05) is 0 Å². The number of hydrogen-bond acceptors (Lipinski definition) is 7. The van der Waals surface area contributed by atoms with E-state index in [0.717, 1.165) is 0 Å². The second-order valence-electron chi connectivity index (χ2n) is 3.26. The van der Waals surface area contributed by atoms with E-state index in [1.165, 1.54) is 10.9 Å². The lowest BCUT2D eigenvalue weighted by Crippen LogP contribution is -2.16. The molecule has 0 saturated heterocycles. The second kappa shape index (κ2) is 9.06. The van der Waals surface area contributed by atoms with Gasteiger partial charge in [0, 0.05) is 7.05 Å². The zero-order valence-electron chi connectivity index (χ0n) is 11.6. The van der Waals surface area contributed by atoms with Crippen LogP contribution < -0.4 is 11.3 Å². The maximum absolute atomic E-state index is 11.6. The highest BCUT2D eigenvalue weighted by molar-refractivity contribution is 6.01. The van der Waals surface area contributed by atoms with Gasteiger partial charge in [-0.25, -0.2) is 9.59 Å². The number of carbonyl (C=O) groups excluding carboxylic acids is 2. The van der Waals surface area contributed by atoms with Crippen LogP contribution in [0.25, 0.3) is 0 Å². The Bertz CT molecular complexity index is 417. The predicted octanol–water partition coefficient (Wildman–Crippen LogP) is -0.147. The van der Waals surface area contributed by atoms with Crippen LogP contribution in [-0.2, 0) is 16.5 Å². The average molecular weight is 272 g/mol. The minimum Gasteiger partial charge on any atom is -0.462 e. The van der Waals surface area contributed by atoms with E-state index in [0.29, 0.717) is 0 Å². The van der Waals surface area contributed by atoms with Crippen LogP contribution in [-0.4, -0.2) is 42.0 Å². The van der Waals surface area contributed by atoms with E-state index in [2.05, 4.69) is 16.4 Å². The first-order valence-electron chi connectivity index (χ1n) is 5.76. The zero-order valence-corrected chi connectivity index (χ0v) is 11.6. The van der Waals surface area contributed by atoms with Crippen molar-refractivity contribution in [3.8, 4) is 0 Å². The zero-order chi connectivity index (χ0) is 14.8. The predicted molar refractivity (Wildman–Crippen MR) is 68.4 cm³/mol. The average Bonchev–Trinajstić information content (AvgIpc) is 2.73. The van der Waals surface area contributed by atoms with Crippen LogP contribution in [0.1, 0.15) is 34.7 Å².